The fourth-order valence-electron chi connectivity index (χ4n) is 4.25. The first kappa shape index (κ1) is 21.2. The number of rotatable bonds is 5. The van der Waals surface area contributed by atoms with Crippen molar-refractivity contribution in [3.05, 3.63) is 99.7 Å². The number of hydrogen-bond acceptors (Lipinski definition) is 6. The molecule has 1 amide bonds. The van der Waals surface area contributed by atoms with Gasteiger partial charge in [-0.15, -0.1) is 0 Å². The summed E-state index contributed by atoms with van der Waals surface area (Å²) in [6.07, 6.45) is 0. The number of carbonyl (C=O) groups is 1. The lowest BCUT2D eigenvalue weighted by Crippen LogP contribution is -2.31. The predicted octanol–water partition coefficient (Wildman–Crippen LogP) is 4.88. The predicted molar refractivity (Wildman–Crippen MR) is 129 cm³/mol. The first-order valence-corrected chi connectivity index (χ1v) is 10.6. The molecule has 9 heteroatoms. The van der Waals surface area contributed by atoms with E-state index in [9.17, 15) is 14.9 Å². The number of amides is 1. The van der Waals surface area contributed by atoms with Crippen LogP contribution in [-0.4, -0.2) is 27.5 Å². The van der Waals surface area contributed by atoms with Crippen LogP contribution in [0.5, 0.6) is 5.75 Å². The third kappa shape index (κ3) is 3.62. The average Bonchev–Trinajstić information content (AvgIpc) is 3.21. The fraction of sp³-hybridized carbons (Fsp3) is 0.120. The number of para-hydroxylation sites is 2. The summed E-state index contributed by atoms with van der Waals surface area (Å²) in [5.74, 6) is 0.919. The van der Waals surface area contributed by atoms with Crippen molar-refractivity contribution in [1.29, 1.82) is 0 Å². The summed E-state index contributed by atoms with van der Waals surface area (Å²) in [6.45, 7) is 1.80. The Balaban J connectivity index is 1.65. The van der Waals surface area contributed by atoms with Crippen LogP contribution in [0, 0.1) is 10.1 Å². The van der Waals surface area contributed by atoms with Crippen LogP contribution in [0.25, 0.3) is 11.0 Å². The van der Waals surface area contributed by atoms with Gasteiger partial charge >= 0.3 is 0 Å². The Labute approximate surface area is 194 Å². The van der Waals surface area contributed by atoms with Gasteiger partial charge in [0.2, 0.25) is 5.95 Å². The molecule has 0 radical (unpaired) electrons. The van der Waals surface area contributed by atoms with Gasteiger partial charge < -0.3 is 15.4 Å². The van der Waals surface area contributed by atoms with Gasteiger partial charge in [-0.1, -0.05) is 24.3 Å². The van der Waals surface area contributed by atoms with E-state index in [1.807, 2.05) is 28.8 Å². The molecule has 1 aliphatic heterocycles. The quantitative estimate of drug-likeness (QED) is 0.328. The van der Waals surface area contributed by atoms with Crippen molar-refractivity contribution in [3.63, 3.8) is 0 Å². The highest BCUT2D eigenvalue weighted by Crippen LogP contribution is 2.40. The number of carbonyl (C=O) groups excluding carboxylic acids is 1. The second kappa shape index (κ2) is 8.36. The molecule has 3 aromatic carbocycles. The van der Waals surface area contributed by atoms with Crippen molar-refractivity contribution in [1.82, 2.24) is 9.55 Å². The van der Waals surface area contributed by atoms with Gasteiger partial charge in [-0.05, 0) is 48.9 Å². The van der Waals surface area contributed by atoms with E-state index in [1.54, 1.807) is 50.4 Å². The molecule has 0 fully saturated rings. The van der Waals surface area contributed by atoms with Crippen LogP contribution in [0.2, 0.25) is 0 Å². The average molecular weight is 455 g/mol. The second-order valence-electron chi connectivity index (χ2n) is 7.90. The molecule has 0 unspecified atom stereocenters. The number of anilines is 2. The van der Waals surface area contributed by atoms with Crippen LogP contribution in [0.3, 0.4) is 0 Å². The van der Waals surface area contributed by atoms with E-state index in [2.05, 4.69) is 15.6 Å². The highest BCUT2D eigenvalue weighted by atomic mass is 16.6. The molecule has 1 aliphatic rings. The largest absolute Gasteiger partial charge is 0.497 e. The van der Waals surface area contributed by atoms with Gasteiger partial charge in [0.05, 0.1) is 34.7 Å². The van der Waals surface area contributed by atoms with Gasteiger partial charge in [-0.25, -0.2) is 4.98 Å². The fourth-order valence-corrected chi connectivity index (χ4v) is 4.25. The molecule has 5 rings (SSSR count). The van der Waals surface area contributed by atoms with Crippen LogP contribution in [-0.2, 0) is 4.79 Å². The van der Waals surface area contributed by atoms with Crippen molar-refractivity contribution >= 4 is 34.3 Å². The number of aromatic nitrogens is 2. The van der Waals surface area contributed by atoms with Gasteiger partial charge in [0.15, 0.2) is 0 Å². The third-order valence-electron chi connectivity index (χ3n) is 5.82. The van der Waals surface area contributed by atoms with Crippen LogP contribution >= 0.6 is 0 Å². The molecular formula is C25H21N5O4. The Bertz CT molecular complexity index is 1460. The maximum atomic E-state index is 13.6. The number of nitrogens with one attached hydrogen (secondary N) is 2. The summed E-state index contributed by atoms with van der Waals surface area (Å²) in [5, 5.41) is 17.7. The number of allylic oxidation sites excluding steroid dienone is 1. The van der Waals surface area contributed by atoms with Crippen molar-refractivity contribution in [3.8, 4) is 5.75 Å². The van der Waals surface area contributed by atoms with Gasteiger partial charge in [-0.2, -0.15) is 0 Å². The molecule has 1 aromatic heterocycles. The Hall–Kier alpha value is -4.66. The van der Waals surface area contributed by atoms with Crippen LogP contribution < -0.4 is 15.4 Å². The van der Waals surface area contributed by atoms with Crippen molar-refractivity contribution < 1.29 is 14.5 Å². The van der Waals surface area contributed by atoms with E-state index in [-0.39, 0.29) is 11.6 Å². The zero-order valence-corrected chi connectivity index (χ0v) is 18.5. The number of methoxy groups -OCH3 is 1. The van der Waals surface area contributed by atoms with E-state index in [4.69, 9.17) is 4.74 Å². The summed E-state index contributed by atoms with van der Waals surface area (Å²) in [7, 11) is 1.58. The van der Waals surface area contributed by atoms with Gasteiger partial charge in [-0.3, -0.25) is 19.5 Å². The molecule has 170 valence electrons. The minimum absolute atomic E-state index is 0.0467. The number of ether oxygens (including phenoxy) is 1. The zero-order chi connectivity index (χ0) is 23.8. The Kier molecular flexibility index (Phi) is 5.21. The van der Waals surface area contributed by atoms with Gasteiger partial charge in [0.1, 0.15) is 5.75 Å². The summed E-state index contributed by atoms with van der Waals surface area (Å²) >= 11 is 0. The van der Waals surface area contributed by atoms with E-state index in [0.29, 0.717) is 34.2 Å². The Morgan fingerprint density at radius 3 is 2.62 bits per heavy atom. The molecule has 2 N–H and O–H groups in total. The number of nitro benzene ring substituents is 1. The maximum Gasteiger partial charge on any atom is 0.269 e. The molecule has 1 atom stereocenters. The van der Waals surface area contributed by atoms with E-state index in [1.165, 1.54) is 12.1 Å². The summed E-state index contributed by atoms with van der Waals surface area (Å²) in [4.78, 5) is 29.3. The smallest absolute Gasteiger partial charge is 0.269 e. The van der Waals surface area contributed by atoms with Crippen LogP contribution in [0.4, 0.5) is 17.3 Å². The van der Waals surface area contributed by atoms with E-state index < -0.39 is 11.0 Å². The molecule has 4 aromatic rings. The van der Waals surface area contributed by atoms with Crippen molar-refractivity contribution in [2.45, 2.75) is 13.0 Å². The second-order valence-corrected chi connectivity index (χ2v) is 7.90. The SMILES string of the molecule is COc1ccc(NC(=O)C2=C(C)Nc3nc4ccccc4n3[C@@H]2c2cccc([N+](=O)[O-])c2)cc1. The maximum absolute atomic E-state index is 13.6. The molecule has 0 spiro atoms. The van der Waals surface area contributed by atoms with Crippen molar-refractivity contribution in [2.24, 2.45) is 0 Å². The number of hydrogen-bond donors (Lipinski definition) is 2. The number of imidazole rings is 1. The lowest BCUT2D eigenvalue weighted by molar-refractivity contribution is -0.384. The highest BCUT2D eigenvalue weighted by molar-refractivity contribution is 6.06. The van der Waals surface area contributed by atoms with E-state index >= 15 is 0 Å². The van der Waals surface area contributed by atoms with Gasteiger partial charge in [0.25, 0.3) is 11.6 Å². The molecule has 2 heterocycles. The zero-order valence-electron chi connectivity index (χ0n) is 18.5. The standard InChI is InChI=1S/C25H21N5O4/c1-15-22(24(31)27-17-10-12-19(34-2)13-11-17)23(16-6-5-7-18(14-16)30(32)33)29-21-9-4-3-8-20(21)28-25(29)26-15/h3-14,23H,1-2H3,(H,26,28)(H,27,31)/t23-/m1/s1. The number of nitro groups is 1. The Morgan fingerprint density at radius 1 is 1.12 bits per heavy atom. The van der Waals surface area contributed by atoms with Crippen LogP contribution in [0.1, 0.15) is 18.5 Å². The number of non-ortho nitro benzene ring substituents is 1. The summed E-state index contributed by atoms with van der Waals surface area (Å²) in [5.41, 5.74) is 3.78. The van der Waals surface area contributed by atoms with Crippen LogP contribution in [0.15, 0.2) is 84.1 Å². The first-order valence-electron chi connectivity index (χ1n) is 10.6. The highest BCUT2D eigenvalue weighted by Gasteiger charge is 2.34. The number of benzene rings is 3. The molecule has 9 nitrogen and oxygen atoms in total. The molecule has 0 saturated heterocycles. The van der Waals surface area contributed by atoms with E-state index in [0.717, 1.165) is 11.0 Å². The first-order chi connectivity index (χ1) is 16.5. The molecule has 0 aliphatic carbocycles. The molecule has 0 saturated carbocycles. The Morgan fingerprint density at radius 2 is 1.88 bits per heavy atom. The minimum atomic E-state index is -0.623. The number of fused-ring (bicyclic) bond motifs is 3. The lowest BCUT2D eigenvalue weighted by atomic mass is 9.94. The number of nitrogens with zero attached hydrogens (tertiary/aromatic N) is 3. The lowest BCUT2D eigenvalue weighted by Gasteiger charge is -2.30. The molecular weight excluding hydrogens is 434 g/mol. The summed E-state index contributed by atoms with van der Waals surface area (Å²) in [6, 6.07) is 20.3. The minimum Gasteiger partial charge on any atom is -0.497 e. The van der Waals surface area contributed by atoms with Crippen molar-refractivity contribution in [2.75, 3.05) is 17.7 Å². The topological polar surface area (TPSA) is 111 Å². The van der Waals surface area contributed by atoms with Gasteiger partial charge in [0, 0.05) is 23.5 Å². The molecule has 0 bridgehead atoms. The summed E-state index contributed by atoms with van der Waals surface area (Å²) < 4.78 is 7.09. The molecule has 34 heavy (non-hydrogen) atoms. The monoisotopic (exact) mass is 455 g/mol. The normalized spacial score (nSPS) is 14.9. The third-order valence-corrected chi connectivity index (χ3v) is 5.82.